The number of urea groups is 1. The number of hydrogen-bond donors (Lipinski definition) is 1. The normalized spacial score (nSPS) is 22.0. The van der Waals surface area contributed by atoms with Crippen LogP contribution in [-0.4, -0.2) is 344 Å². The molecule has 0 spiro atoms. The highest BCUT2D eigenvalue weighted by molar-refractivity contribution is 7.88. The molecule has 23 heteroatoms. The fraction of sp³-hybridized carbons (Fsp3) is 0.704. The van der Waals surface area contributed by atoms with Crippen LogP contribution in [0.4, 0.5) is 4.79 Å². The predicted molar refractivity (Wildman–Crippen MR) is 582 cm³/mol. The molecule has 0 unspecified atom stereocenters. The van der Waals surface area contributed by atoms with E-state index in [2.05, 4.69) is 325 Å². The lowest BCUT2D eigenvalue weighted by atomic mass is 9.91. The number of likely N-dealkylation sites (tertiary alicyclic amines) is 4. The number of ether oxygens (including phenoxy) is 1. The maximum atomic E-state index is 11.7. The van der Waals surface area contributed by atoms with Gasteiger partial charge in [0.1, 0.15) is 11.6 Å². The summed E-state index contributed by atoms with van der Waals surface area (Å²) in [6.07, 6.45) is 16.7. The average molecular weight is 1940 g/mol. The number of likely N-dealkylation sites (N-methyl/N-ethyl adjacent to an activating group) is 1. The highest BCUT2D eigenvalue weighted by Gasteiger charge is 2.37. The molecular weight excluding hydrogens is 1740 g/mol. The largest absolute Gasteiger partial charge is 0.378 e. The third kappa shape index (κ3) is 42.5. The molecule has 138 heavy (non-hydrogen) atoms. The van der Waals surface area contributed by atoms with E-state index in [4.69, 9.17) is 4.74 Å². The fourth-order valence-electron chi connectivity index (χ4n) is 20.4. The van der Waals surface area contributed by atoms with Crippen molar-refractivity contribution < 1.29 is 32.3 Å². The molecule has 0 radical (unpaired) electrons. The maximum absolute atomic E-state index is 11.7. The van der Waals surface area contributed by atoms with Crippen LogP contribution in [0.1, 0.15) is 302 Å². The van der Waals surface area contributed by atoms with Crippen molar-refractivity contribution in [2.75, 3.05) is 184 Å². The summed E-state index contributed by atoms with van der Waals surface area (Å²) < 4.78 is 30.7. The Kier molecular flexibility index (Phi) is 57.0. The molecule has 0 aromatic heterocycles. The first kappa shape index (κ1) is 122. The smallest absolute Gasteiger partial charge is 0.317 e. The van der Waals surface area contributed by atoms with Crippen molar-refractivity contribution in [2.24, 2.45) is 11.8 Å². The molecular formula is C115H199N15O7S. The quantitative estimate of drug-likeness (QED) is 0.0694. The molecule has 9 saturated heterocycles. The Labute approximate surface area is 843 Å². The summed E-state index contributed by atoms with van der Waals surface area (Å²) >= 11 is 0. The van der Waals surface area contributed by atoms with Crippen molar-refractivity contribution in [3.8, 4) is 0 Å². The number of benzene rings is 5. The minimum absolute atomic E-state index is 0. The van der Waals surface area contributed by atoms with Crippen molar-refractivity contribution >= 4 is 33.5 Å². The summed E-state index contributed by atoms with van der Waals surface area (Å²) in [6, 6.07) is 61.4. The number of ketones is 2. The minimum atomic E-state index is -3.11. The van der Waals surface area contributed by atoms with Crippen LogP contribution in [-0.2, 0) is 29.1 Å². The third-order valence-electron chi connectivity index (χ3n) is 29.4. The van der Waals surface area contributed by atoms with E-state index in [1.165, 1.54) is 125 Å². The summed E-state index contributed by atoms with van der Waals surface area (Å²) in [5, 5.41) is 3.04. The van der Waals surface area contributed by atoms with Gasteiger partial charge in [-0.25, -0.2) is 13.2 Å². The van der Waals surface area contributed by atoms with E-state index in [-0.39, 0.29) is 32.8 Å². The van der Waals surface area contributed by atoms with Crippen molar-refractivity contribution in [3.05, 3.63) is 179 Å². The lowest BCUT2D eigenvalue weighted by molar-refractivity contribution is -0.132. The molecule has 1 saturated carbocycles. The number of sulfonamides is 1. The number of Topliss-reactive ketones (excluding diaryl/α,β-unsaturated/α-hetero) is 2. The lowest BCUT2D eigenvalue weighted by Crippen LogP contribution is -2.53. The molecule has 1 N–H and O–H groups in total. The zero-order valence-corrected chi connectivity index (χ0v) is 90.5. The van der Waals surface area contributed by atoms with Gasteiger partial charge in [0.2, 0.25) is 15.9 Å². The molecule has 1 aliphatic carbocycles. The molecule has 782 valence electrons. The zero-order chi connectivity index (χ0) is 99.6. The number of nitrogens with zero attached hydrogens (tertiary/aromatic N) is 14. The zero-order valence-electron chi connectivity index (χ0n) is 89.6. The Morgan fingerprint density at radius 3 is 1.05 bits per heavy atom. The first-order valence-corrected chi connectivity index (χ1v) is 55.0. The number of carbonyl (C=O) groups excluding carboxylic acids is 4. The van der Waals surface area contributed by atoms with E-state index in [0.717, 1.165) is 137 Å². The van der Waals surface area contributed by atoms with Gasteiger partial charge in [-0.3, -0.25) is 53.6 Å². The maximum Gasteiger partial charge on any atom is 0.317 e. The molecule has 10 fully saturated rings. The Balaban J connectivity index is 0.000000274. The number of piperazine rings is 4. The van der Waals surface area contributed by atoms with Crippen LogP contribution >= 0.6 is 0 Å². The first-order chi connectivity index (χ1) is 64.9. The highest BCUT2D eigenvalue weighted by atomic mass is 32.2. The Morgan fingerprint density at radius 1 is 0.370 bits per heavy atom. The monoisotopic (exact) mass is 1930 g/mol. The van der Waals surface area contributed by atoms with E-state index in [1.807, 2.05) is 41.0 Å². The third-order valence-corrected chi connectivity index (χ3v) is 30.6. The topological polar surface area (TPSA) is 169 Å². The number of hydrogen-bond acceptors (Lipinski definition) is 18. The first-order valence-electron chi connectivity index (χ1n) is 53.1. The van der Waals surface area contributed by atoms with E-state index in [9.17, 15) is 27.6 Å². The number of carbonyl (C=O) groups is 4. The van der Waals surface area contributed by atoms with Gasteiger partial charge in [-0.2, -0.15) is 4.31 Å². The van der Waals surface area contributed by atoms with Gasteiger partial charge in [0.15, 0.2) is 0 Å². The summed E-state index contributed by atoms with van der Waals surface area (Å²) in [4.78, 5) is 77.0. The van der Waals surface area contributed by atoms with Gasteiger partial charge >= 0.3 is 6.03 Å². The molecule has 5 aromatic carbocycles. The average Bonchev–Trinajstić information content (AvgIpc) is 1.16. The Hall–Kier alpha value is -6.39. The Bertz CT molecular complexity index is 4000. The van der Waals surface area contributed by atoms with E-state index in [1.54, 1.807) is 18.2 Å². The molecule has 10 aliphatic rings. The second-order valence-corrected chi connectivity index (χ2v) is 44.3. The molecule has 22 nitrogen and oxygen atoms in total. The molecule has 5 atom stereocenters. The number of rotatable bonds is 22. The molecule has 9 heterocycles. The Morgan fingerprint density at radius 2 is 0.703 bits per heavy atom. The number of morpholine rings is 1. The van der Waals surface area contributed by atoms with Crippen LogP contribution in [0.25, 0.3) is 0 Å². The predicted octanol–water partition coefficient (Wildman–Crippen LogP) is 20.2. The van der Waals surface area contributed by atoms with Gasteiger partial charge in [-0.05, 0) is 277 Å². The van der Waals surface area contributed by atoms with Crippen molar-refractivity contribution in [2.45, 2.75) is 334 Å². The number of nitrogens with one attached hydrogen (secondary N) is 1. The fourth-order valence-corrected chi connectivity index (χ4v) is 21.2. The van der Waals surface area contributed by atoms with E-state index >= 15 is 0 Å². The van der Waals surface area contributed by atoms with Gasteiger partial charge in [0.05, 0.1) is 31.6 Å². The van der Waals surface area contributed by atoms with Crippen LogP contribution in [0.5, 0.6) is 0 Å². The molecule has 5 aromatic rings. The van der Waals surface area contributed by atoms with Crippen LogP contribution in [0, 0.1) is 11.8 Å². The molecule has 9 aliphatic heterocycles. The van der Waals surface area contributed by atoms with Gasteiger partial charge in [-0.15, -0.1) is 0 Å². The molecule has 3 amide bonds. The minimum Gasteiger partial charge on any atom is -0.378 e. The summed E-state index contributed by atoms with van der Waals surface area (Å²) in [5.74, 6) is 1.72. The summed E-state index contributed by atoms with van der Waals surface area (Å²) in [6.45, 7) is 71.0. The summed E-state index contributed by atoms with van der Waals surface area (Å²) in [5.41, 5.74) is 6.84. The van der Waals surface area contributed by atoms with Crippen LogP contribution in [0.2, 0.25) is 0 Å². The van der Waals surface area contributed by atoms with Crippen LogP contribution in [0.15, 0.2) is 152 Å². The second-order valence-electron chi connectivity index (χ2n) is 42.3. The van der Waals surface area contributed by atoms with E-state index in [0.29, 0.717) is 127 Å². The highest BCUT2D eigenvalue weighted by Crippen LogP contribution is 2.36. The van der Waals surface area contributed by atoms with Gasteiger partial charge in [0.25, 0.3) is 0 Å². The SMILES string of the molecule is C.C.CC(=O)C1CCN(C(C)C)CC1.CC(=O)N1CCN(C(C)C)[C@H](c2ccccc2)C1.CC(C)N1CCCC[C@H]1c1ccccc1.CC(C)N1CCCC[C@H]1c1ccccc1.CC(C)N1CCN(C(=O)NC2CC2)CC1.CC(C)N1CCN(CCN(C)C)CC1.CC(C)N1CCN(S(C)(=O)=O)C[C@H]1c1ccccc1.CC(C)N1CCOC[C@H]1c1ccccc1.CCC(=O)C1CCN(C(C)C)CC1. The lowest BCUT2D eigenvalue weighted by Gasteiger charge is -2.43. The van der Waals surface area contributed by atoms with E-state index < -0.39 is 10.0 Å². The number of amides is 3. The number of piperidine rings is 4. The van der Waals surface area contributed by atoms with Gasteiger partial charge < -0.3 is 34.6 Å². The summed E-state index contributed by atoms with van der Waals surface area (Å²) in [7, 11) is 1.18. The standard InChI is InChI=1S/C15H22N2O.C14H22N2O2S.2C14H21N.C13H19NO.C11H21N3O.C11H25N3.C11H21NO.C10H19NO.2CH4/c1-12(2)17-10-9-16(13(3)18)11-15(17)14-7-5-4-6-8-14;1-12(2)16-10-9-15(19(3,17)18)11-14(16)13-7-5-4-6-8-13;2*1-12(2)15-11-7-6-10-14(15)13-8-4-3-5-9-13;1-11(2)14-8-9-15-10-13(14)12-6-4-3-5-7-12;1-9(2)13-5-7-14(8-6-13)11(15)12-10-3-4-10;1-11(2)14-9-7-13(8-10-14)6-5-12(3)4;1-4-11(13)10-5-7-12(8-6-10)9(2)3;1-8(2)11-6-4-10(5-7-11)9(3)12;;/h4-8,12,15H,9-11H2,1-3H3;4-8,12,14H,9-11H2,1-3H3;2*3-5,8-9,12,14H,6-7,10-11H2,1-2H3;3-7,11,13H,8-10H2,1-2H3;9-10H,3-8H2,1-2H3,(H,12,15);11H,5-10H2,1-4H3;9-10H,4-8H2,1-3H3;8,10H,4-7H2,1-3H3;2*1H4/t15-;3*14-;13-;;;;;;/m00000....../s1. The van der Waals surface area contributed by atoms with Crippen molar-refractivity contribution in [3.63, 3.8) is 0 Å². The van der Waals surface area contributed by atoms with Crippen LogP contribution < -0.4 is 5.32 Å². The molecule has 0 bridgehead atoms. The van der Waals surface area contributed by atoms with Crippen molar-refractivity contribution in [1.82, 2.24) is 73.3 Å². The van der Waals surface area contributed by atoms with Crippen molar-refractivity contribution in [1.29, 1.82) is 0 Å². The van der Waals surface area contributed by atoms with Gasteiger partial charge in [0, 0.05) is 215 Å². The molecule has 15 rings (SSSR count). The van der Waals surface area contributed by atoms with Crippen LogP contribution in [0.3, 0.4) is 0 Å². The van der Waals surface area contributed by atoms with Gasteiger partial charge in [-0.1, -0.05) is 186 Å². The second kappa shape index (κ2) is 64.4.